The lowest BCUT2D eigenvalue weighted by Crippen LogP contribution is -2.20. The standard InChI is InChI=1S/C16H24N2O/c1-13(19)17-15-10-7-11-16(12-15)18-14-8-5-3-2-4-6-9-14/h7,10-12,14,18H,2-6,8-9H2,1H3,(H,17,19). The highest BCUT2D eigenvalue weighted by Gasteiger charge is 2.11. The summed E-state index contributed by atoms with van der Waals surface area (Å²) >= 11 is 0. The van der Waals surface area contributed by atoms with Gasteiger partial charge in [-0.05, 0) is 31.0 Å². The zero-order chi connectivity index (χ0) is 13.5. The first-order valence-electron chi connectivity index (χ1n) is 7.38. The Labute approximate surface area is 115 Å². The van der Waals surface area contributed by atoms with E-state index in [1.165, 1.54) is 51.9 Å². The number of nitrogens with one attached hydrogen (secondary N) is 2. The van der Waals surface area contributed by atoms with Gasteiger partial charge in [0, 0.05) is 24.3 Å². The Morgan fingerprint density at radius 1 is 1.05 bits per heavy atom. The highest BCUT2D eigenvalue weighted by molar-refractivity contribution is 5.89. The molecular weight excluding hydrogens is 236 g/mol. The number of hydrogen-bond acceptors (Lipinski definition) is 2. The molecule has 1 aliphatic rings. The second kappa shape index (κ2) is 7.17. The predicted molar refractivity (Wildman–Crippen MR) is 80.5 cm³/mol. The summed E-state index contributed by atoms with van der Waals surface area (Å²) in [5.74, 6) is -0.0249. The fourth-order valence-corrected chi connectivity index (χ4v) is 2.73. The van der Waals surface area contributed by atoms with Crippen LogP contribution >= 0.6 is 0 Å². The molecule has 0 bridgehead atoms. The highest BCUT2D eigenvalue weighted by atomic mass is 16.1. The van der Waals surface area contributed by atoms with Crippen LogP contribution in [-0.2, 0) is 4.79 Å². The van der Waals surface area contributed by atoms with Gasteiger partial charge in [0.2, 0.25) is 5.91 Å². The smallest absolute Gasteiger partial charge is 0.221 e. The monoisotopic (exact) mass is 260 g/mol. The predicted octanol–water partition coefficient (Wildman–Crippen LogP) is 4.17. The van der Waals surface area contributed by atoms with Gasteiger partial charge in [0.05, 0.1) is 0 Å². The molecule has 1 amide bonds. The van der Waals surface area contributed by atoms with E-state index in [1.807, 2.05) is 18.2 Å². The third-order valence-corrected chi connectivity index (χ3v) is 3.66. The Balaban J connectivity index is 1.94. The molecule has 0 heterocycles. The second-order valence-corrected chi connectivity index (χ2v) is 5.45. The van der Waals surface area contributed by atoms with Crippen LogP contribution in [0.4, 0.5) is 11.4 Å². The molecule has 3 heteroatoms. The summed E-state index contributed by atoms with van der Waals surface area (Å²) in [5, 5.41) is 6.44. The maximum atomic E-state index is 11.1. The van der Waals surface area contributed by atoms with Crippen LogP contribution < -0.4 is 10.6 Å². The van der Waals surface area contributed by atoms with Gasteiger partial charge in [-0.15, -0.1) is 0 Å². The molecule has 0 spiro atoms. The van der Waals surface area contributed by atoms with Crippen molar-refractivity contribution in [3.05, 3.63) is 24.3 Å². The first-order valence-corrected chi connectivity index (χ1v) is 7.38. The number of benzene rings is 1. The van der Waals surface area contributed by atoms with Crippen molar-refractivity contribution >= 4 is 17.3 Å². The van der Waals surface area contributed by atoms with Gasteiger partial charge in [-0.2, -0.15) is 0 Å². The molecule has 0 atom stereocenters. The fraction of sp³-hybridized carbons (Fsp3) is 0.562. The SMILES string of the molecule is CC(=O)Nc1cccc(NC2CCCCCCC2)c1. The summed E-state index contributed by atoms with van der Waals surface area (Å²) in [6.45, 7) is 1.54. The van der Waals surface area contributed by atoms with E-state index in [0.717, 1.165) is 11.4 Å². The van der Waals surface area contributed by atoms with E-state index in [4.69, 9.17) is 0 Å². The van der Waals surface area contributed by atoms with Gasteiger partial charge in [-0.3, -0.25) is 4.79 Å². The average molecular weight is 260 g/mol. The minimum absolute atomic E-state index is 0.0249. The summed E-state index contributed by atoms with van der Waals surface area (Å²) < 4.78 is 0. The summed E-state index contributed by atoms with van der Waals surface area (Å²) in [6.07, 6.45) is 9.28. The van der Waals surface area contributed by atoms with E-state index < -0.39 is 0 Å². The minimum atomic E-state index is -0.0249. The molecular formula is C16H24N2O. The normalized spacial score (nSPS) is 17.3. The van der Waals surface area contributed by atoms with Crippen molar-refractivity contribution in [3.63, 3.8) is 0 Å². The number of anilines is 2. The quantitative estimate of drug-likeness (QED) is 0.856. The topological polar surface area (TPSA) is 41.1 Å². The van der Waals surface area contributed by atoms with Crippen molar-refractivity contribution in [2.75, 3.05) is 10.6 Å². The van der Waals surface area contributed by atoms with Crippen molar-refractivity contribution < 1.29 is 4.79 Å². The average Bonchev–Trinajstić information content (AvgIpc) is 2.32. The number of amides is 1. The summed E-state index contributed by atoms with van der Waals surface area (Å²) in [7, 11) is 0. The third kappa shape index (κ3) is 4.93. The zero-order valence-electron chi connectivity index (χ0n) is 11.7. The van der Waals surface area contributed by atoms with Crippen molar-refractivity contribution in [2.24, 2.45) is 0 Å². The fourth-order valence-electron chi connectivity index (χ4n) is 2.73. The molecule has 1 aromatic carbocycles. The Morgan fingerprint density at radius 3 is 2.37 bits per heavy atom. The molecule has 0 unspecified atom stereocenters. The van der Waals surface area contributed by atoms with Crippen molar-refractivity contribution in [2.45, 2.75) is 57.9 Å². The lowest BCUT2D eigenvalue weighted by molar-refractivity contribution is -0.114. The highest BCUT2D eigenvalue weighted by Crippen LogP contribution is 2.22. The van der Waals surface area contributed by atoms with Gasteiger partial charge in [0.15, 0.2) is 0 Å². The molecule has 0 aliphatic heterocycles. The zero-order valence-corrected chi connectivity index (χ0v) is 11.7. The third-order valence-electron chi connectivity index (χ3n) is 3.66. The molecule has 1 fully saturated rings. The van der Waals surface area contributed by atoms with E-state index in [9.17, 15) is 4.79 Å². The molecule has 0 aromatic heterocycles. The van der Waals surface area contributed by atoms with Crippen LogP contribution in [0.3, 0.4) is 0 Å². The molecule has 1 saturated carbocycles. The molecule has 104 valence electrons. The maximum Gasteiger partial charge on any atom is 0.221 e. The molecule has 1 aliphatic carbocycles. The van der Waals surface area contributed by atoms with Gasteiger partial charge >= 0.3 is 0 Å². The Bertz CT molecular complexity index is 409. The molecule has 2 N–H and O–H groups in total. The van der Waals surface area contributed by atoms with Crippen molar-refractivity contribution in [1.82, 2.24) is 0 Å². The van der Waals surface area contributed by atoms with Crippen LogP contribution in [0, 0.1) is 0 Å². The van der Waals surface area contributed by atoms with Gasteiger partial charge in [-0.1, -0.05) is 38.2 Å². The lowest BCUT2D eigenvalue weighted by Gasteiger charge is -2.22. The first kappa shape index (κ1) is 13.9. The molecule has 19 heavy (non-hydrogen) atoms. The number of hydrogen-bond donors (Lipinski definition) is 2. The number of rotatable bonds is 3. The summed E-state index contributed by atoms with van der Waals surface area (Å²) in [5.41, 5.74) is 1.97. The summed E-state index contributed by atoms with van der Waals surface area (Å²) in [4.78, 5) is 11.1. The molecule has 1 aromatic rings. The Hall–Kier alpha value is -1.51. The van der Waals surface area contributed by atoms with E-state index >= 15 is 0 Å². The van der Waals surface area contributed by atoms with E-state index in [0.29, 0.717) is 6.04 Å². The Morgan fingerprint density at radius 2 is 1.68 bits per heavy atom. The largest absolute Gasteiger partial charge is 0.382 e. The van der Waals surface area contributed by atoms with Gasteiger partial charge < -0.3 is 10.6 Å². The molecule has 0 saturated heterocycles. The van der Waals surface area contributed by atoms with Crippen LogP contribution in [0.15, 0.2) is 24.3 Å². The number of carbonyl (C=O) groups excluding carboxylic acids is 1. The molecule has 2 rings (SSSR count). The van der Waals surface area contributed by atoms with Gasteiger partial charge in [0.25, 0.3) is 0 Å². The van der Waals surface area contributed by atoms with Crippen molar-refractivity contribution in [3.8, 4) is 0 Å². The Kier molecular flexibility index (Phi) is 5.25. The second-order valence-electron chi connectivity index (χ2n) is 5.45. The molecule has 0 radical (unpaired) electrons. The number of carbonyl (C=O) groups is 1. The minimum Gasteiger partial charge on any atom is -0.382 e. The van der Waals surface area contributed by atoms with Crippen LogP contribution in [0.5, 0.6) is 0 Å². The van der Waals surface area contributed by atoms with Gasteiger partial charge in [-0.25, -0.2) is 0 Å². The van der Waals surface area contributed by atoms with Gasteiger partial charge in [0.1, 0.15) is 0 Å². The van der Waals surface area contributed by atoms with Crippen LogP contribution in [0.25, 0.3) is 0 Å². The summed E-state index contributed by atoms with van der Waals surface area (Å²) in [6, 6.07) is 8.57. The van der Waals surface area contributed by atoms with Crippen LogP contribution in [0.1, 0.15) is 51.9 Å². The molecule has 3 nitrogen and oxygen atoms in total. The van der Waals surface area contributed by atoms with Crippen LogP contribution in [-0.4, -0.2) is 11.9 Å². The van der Waals surface area contributed by atoms with E-state index in [2.05, 4.69) is 16.7 Å². The van der Waals surface area contributed by atoms with E-state index in [-0.39, 0.29) is 5.91 Å². The maximum absolute atomic E-state index is 11.1. The first-order chi connectivity index (χ1) is 9.24. The van der Waals surface area contributed by atoms with Crippen LogP contribution in [0.2, 0.25) is 0 Å². The van der Waals surface area contributed by atoms with E-state index in [1.54, 1.807) is 0 Å². The van der Waals surface area contributed by atoms with Crippen molar-refractivity contribution in [1.29, 1.82) is 0 Å². The lowest BCUT2D eigenvalue weighted by atomic mass is 9.96.